The van der Waals surface area contributed by atoms with Crippen LogP contribution < -0.4 is 5.01 Å². The van der Waals surface area contributed by atoms with Crippen LogP contribution in [-0.2, 0) is 9.59 Å². The molecule has 0 radical (unpaired) electrons. The number of benzene rings is 1. The molecule has 1 heterocycles. The van der Waals surface area contributed by atoms with Crippen LogP contribution in [0.3, 0.4) is 0 Å². The van der Waals surface area contributed by atoms with Crippen molar-refractivity contribution in [3.63, 3.8) is 0 Å². The molecule has 1 amide bonds. The van der Waals surface area contributed by atoms with Crippen LogP contribution >= 0.6 is 0 Å². The quantitative estimate of drug-likeness (QED) is 0.739. The molecule has 0 aromatic heterocycles. The number of amides is 1. The molecule has 1 aromatic rings. The van der Waals surface area contributed by atoms with Gasteiger partial charge in [0.2, 0.25) is 5.91 Å². The van der Waals surface area contributed by atoms with Crippen LogP contribution in [0.5, 0.6) is 0 Å². The molecule has 0 N–H and O–H groups in total. The van der Waals surface area contributed by atoms with Crippen LogP contribution in [-0.4, -0.2) is 30.3 Å². The Kier molecular flexibility index (Phi) is 3.54. The van der Waals surface area contributed by atoms with Crippen molar-refractivity contribution in [2.45, 2.75) is 19.8 Å². The lowest BCUT2D eigenvalue weighted by molar-refractivity contribution is -0.118. The summed E-state index contributed by atoms with van der Waals surface area (Å²) >= 11 is 0. The lowest BCUT2D eigenvalue weighted by Gasteiger charge is -2.28. The van der Waals surface area contributed by atoms with Crippen molar-refractivity contribution in [1.29, 1.82) is 0 Å². The Bertz CT molecular complexity index is 431. The van der Waals surface area contributed by atoms with Crippen LogP contribution in [0.2, 0.25) is 0 Å². The standard InChI is InChI=1S/C13H16N2O2/c1-11-5-2-3-6-12(11)15-13(17)7-9-14(15)8-4-10-16/h2-3,5-6,10H,4,7-9H2,1H3. The molecule has 1 saturated heterocycles. The number of hydrogen-bond donors (Lipinski definition) is 0. The summed E-state index contributed by atoms with van der Waals surface area (Å²) in [7, 11) is 0. The van der Waals surface area contributed by atoms with Gasteiger partial charge >= 0.3 is 0 Å². The van der Waals surface area contributed by atoms with E-state index in [9.17, 15) is 9.59 Å². The molecule has 90 valence electrons. The number of aldehydes is 1. The molecule has 0 atom stereocenters. The fraction of sp³-hybridized carbons (Fsp3) is 0.385. The number of nitrogens with zero attached hydrogens (tertiary/aromatic N) is 2. The highest BCUT2D eigenvalue weighted by Crippen LogP contribution is 2.25. The molecule has 1 aromatic carbocycles. The molecule has 0 unspecified atom stereocenters. The molecule has 0 saturated carbocycles. The first-order valence-corrected chi connectivity index (χ1v) is 5.81. The topological polar surface area (TPSA) is 40.6 Å². The van der Waals surface area contributed by atoms with Crippen molar-refractivity contribution < 1.29 is 9.59 Å². The fourth-order valence-corrected chi connectivity index (χ4v) is 2.09. The van der Waals surface area contributed by atoms with E-state index in [1.54, 1.807) is 5.01 Å². The number of carbonyl (C=O) groups is 2. The fourth-order valence-electron chi connectivity index (χ4n) is 2.09. The number of carbonyl (C=O) groups excluding carboxylic acids is 2. The van der Waals surface area contributed by atoms with Gasteiger partial charge in [-0.15, -0.1) is 0 Å². The summed E-state index contributed by atoms with van der Waals surface area (Å²) in [6.07, 6.45) is 1.86. The zero-order valence-corrected chi connectivity index (χ0v) is 9.93. The van der Waals surface area contributed by atoms with Crippen LogP contribution in [0.1, 0.15) is 18.4 Å². The van der Waals surface area contributed by atoms with E-state index in [1.165, 1.54) is 0 Å². The monoisotopic (exact) mass is 232 g/mol. The second-order valence-corrected chi connectivity index (χ2v) is 4.15. The smallest absolute Gasteiger partial charge is 0.242 e. The first kappa shape index (κ1) is 11.8. The minimum atomic E-state index is 0.102. The van der Waals surface area contributed by atoms with E-state index < -0.39 is 0 Å². The predicted octanol–water partition coefficient (Wildman–Crippen LogP) is 1.54. The Labute approximate surface area is 101 Å². The second-order valence-electron chi connectivity index (χ2n) is 4.15. The molecule has 2 rings (SSSR count). The number of aryl methyl sites for hydroxylation is 1. The first-order valence-electron chi connectivity index (χ1n) is 5.81. The van der Waals surface area contributed by atoms with E-state index in [0.717, 1.165) is 17.5 Å². The van der Waals surface area contributed by atoms with E-state index in [1.807, 2.05) is 36.2 Å². The molecule has 17 heavy (non-hydrogen) atoms. The van der Waals surface area contributed by atoms with Gasteiger partial charge < -0.3 is 4.79 Å². The van der Waals surface area contributed by atoms with Crippen LogP contribution in [0.15, 0.2) is 24.3 Å². The molecule has 4 heteroatoms. The maximum absolute atomic E-state index is 11.9. The van der Waals surface area contributed by atoms with Gasteiger partial charge in [-0.2, -0.15) is 0 Å². The van der Waals surface area contributed by atoms with Gasteiger partial charge in [-0.1, -0.05) is 18.2 Å². The average molecular weight is 232 g/mol. The maximum atomic E-state index is 11.9. The van der Waals surface area contributed by atoms with Crippen molar-refractivity contribution in [3.8, 4) is 0 Å². The number of hydrogen-bond acceptors (Lipinski definition) is 3. The third kappa shape index (κ3) is 2.36. The van der Waals surface area contributed by atoms with Gasteiger partial charge in [0.25, 0.3) is 0 Å². The maximum Gasteiger partial charge on any atom is 0.242 e. The predicted molar refractivity (Wildman–Crippen MR) is 65.5 cm³/mol. The number of hydrazine groups is 1. The largest absolute Gasteiger partial charge is 0.303 e. The third-order valence-electron chi connectivity index (χ3n) is 2.95. The molecule has 1 fully saturated rings. The third-order valence-corrected chi connectivity index (χ3v) is 2.95. The van der Waals surface area contributed by atoms with E-state index in [2.05, 4.69) is 0 Å². The van der Waals surface area contributed by atoms with Gasteiger partial charge in [0.05, 0.1) is 5.69 Å². The number of para-hydroxylation sites is 1. The molecule has 0 aliphatic carbocycles. The van der Waals surface area contributed by atoms with Crippen LogP contribution in [0.25, 0.3) is 0 Å². The van der Waals surface area contributed by atoms with E-state index in [0.29, 0.717) is 25.9 Å². The highest BCUT2D eigenvalue weighted by Gasteiger charge is 2.30. The molecule has 0 bridgehead atoms. The van der Waals surface area contributed by atoms with Crippen molar-refractivity contribution in [2.75, 3.05) is 18.1 Å². The molecule has 1 aliphatic rings. The highest BCUT2D eigenvalue weighted by atomic mass is 16.2. The van der Waals surface area contributed by atoms with E-state index >= 15 is 0 Å². The van der Waals surface area contributed by atoms with Gasteiger partial charge in [0, 0.05) is 25.9 Å². The Hall–Kier alpha value is -1.68. The summed E-state index contributed by atoms with van der Waals surface area (Å²) in [4.78, 5) is 22.3. The zero-order chi connectivity index (χ0) is 12.3. The lowest BCUT2D eigenvalue weighted by Crippen LogP contribution is -2.40. The summed E-state index contributed by atoms with van der Waals surface area (Å²) in [6.45, 7) is 3.28. The van der Waals surface area contributed by atoms with Crippen molar-refractivity contribution in [3.05, 3.63) is 29.8 Å². The summed E-state index contributed by atoms with van der Waals surface area (Å²) < 4.78 is 0. The minimum Gasteiger partial charge on any atom is -0.303 e. The van der Waals surface area contributed by atoms with Crippen molar-refractivity contribution in [1.82, 2.24) is 5.01 Å². The van der Waals surface area contributed by atoms with E-state index in [-0.39, 0.29) is 5.91 Å². The van der Waals surface area contributed by atoms with Gasteiger partial charge in [-0.25, -0.2) is 10.0 Å². The Morgan fingerprint density at radius 1 is 1.35 bits per heavy atom. The van der Waals surface area contributed by atoms with Crippen molar-refractivity contribution >= 4 is 17.9 Å². The Balaban J connectivity index is 2.24. The first-order chi connectivity index (χ1) is 8.24. The van der Waals surface area contributed by atoms with Gasteiger partial charge in [-0.05, 0) is 18.6 Å². The number of anilines is 1. The average Bonchev–Trinajstić information content (AvgIpc) is 2.69. The van der Waals surface area contributed by atoms with E-state index in [4.69, 9.17) is 0 Å². The minimum absolute atomic E-state index is 0.102. The van der Waals surface area contributed by atoms with Crippen molar-refractivity contribution in [2.24, 2.45) is 0 Å². The molecule has 4 nitrogen and oxygen atoms in total. The Morgan fingerprint density at radius 3 is 2.82 bits per heavy atom. The van der Waals surface area contributed by atoms with Gasteiger partial charge in [-0.3, -0.25) is 4.79 Å². The van der Waals surface area contributed by atoms with Gasteiger partial charge in [0.1, 0.15) is 6.29 Å². The normalized spacial score (nSPS) is 16.5. The Morgan fingerprint density at radius 2 is 2.12 bits per heavy atom. The zero-order valence-electron chi connectivity index (χ0n) is 9.93. The molecular formula is C13H16N2O2. The SMILES string of the molecule is Cc1ccccc1N1C(=O)CCN1CCC=O. The highest BCUT2D eigenvalue weighted by molar-refractivity contribution is 5.95. The van der Waals surface area contributed by atoms with Gasteiger partial charge in [0.15, 0.2) is 0 Å². The lowest BCUT2D eigenvalue weighted by atomic mass is 10.2. The van der Waals surface area contributed by atoms with Crippen LogP contribution in [0.4, 0.5) is 5.69 Å². The summed E-state index contributed by atoms with van der Waals surface area (Å²) in [6, 6.07) is 7.80. The summed E-state index contributed by atoms with van der Waals surface area (Å²) in [5.74, 6) is 0.102. The second kappa shape index (κ2) is 5.10. The molecule has 0 spiro atoms. The number of rotatable bonds is 4. The summed E-state index contributed by atoms with van der Waals surface area (Å²) in [5.41, 5.74) is 1.99. The molecule has 1 aliphatic heterocycles. The summed E-state index contributed by atoms with van der Waals surface area (Å²) in [5, 5.41) is 3.65. The van der Waals surface area contributed by atoms with Crippen LogP contribution in [0, 0.1) is 6.92 Å². The molecular weight excluding hydrogens is 216 g/mol.